The highest BCUT2D eigenvalue weighted by Gasteiger charge is 2.44. The molecule has 0 spiro atoms. The number of hydrogen-bond donors (Lipinski definition) is 0. The van der Waals surface area contributed by atoms with Gasteiger partial charge in [-0.25, -0.2) is 0 Å². The molecule has 0 atom stereocenters. The number of rotatable bonds is 1. The van der Waals surface area contributed by atoms with Crippen molar-refractivity contribution in [3.63, 3.8) is 0 Å². The minimum absolute atomic E-state index is 0.626. The van der Waals surface area contributed by atoms with Crippen LogP contribution < -0.4 is 0 Å². The molecule has 0 nitrogen and oxygen atoms in total. The van der Waals surface area contributed by atoms with Gasteiger partial charge in [0.25, 0.3) is 0 Å². The summed E-state index contributed by atoms with van der Waals surface area (Å²) in [7, 11) is -3.02. The second-order valence-electron chi connectivity index (χ2n) is 3.85. The first-order valence-corrected chi connectivity index (χ1v) is 7.21. The van der Waals surface area contributed by atoms with Crippen LogP contribution in [0.4, 0.5) is 26.3 Å². The summed E-state index contributed by atoms with van der Waals surface area (Å²) < 4.78 is 72.1. The summed E-state index contributed by atoms with van der Waals surface area (Å²) in [6.07, 6.45) is -10.4. The topological polar surface area (TPSA) is 0 Å². The van der Waals surface area contributed by atoms with Crippen molar-refractivity contribution in [1.29, 1.82) is 0 Å². The summed E-state index contributed by atoms with van der Waals surface area (Å²) in [5.41, 5.74) is 0. The Kier molecular flexibility index (Phi) is 3.48. The van der Waals surface area contributed by atoms with E-state index in [4.69, 9.17) is 0 Å². The molecular formula is C7H10F6Si. The van der Waals surface area contributed by atoms with E-state index in [0.717, 1.165) is 0 Å². The van der Waals surface area contributed by atoms with Gasteiger partial charge in [-0.05, 0) is 0 Å². The zero-order valence-corrected chi connectivity index (χ0v) is 8.85. The van der Waals surface area contributed by atoms with E-state index in [9.17, 15) is 26.3 Å². The smallest absolute Gasteiger partial charge is 0.167 e. The van der Waals surface area contributed by atoms with Crippen LogP contribution in [0.2, 0.25) is 19.6 Å². The van der Waals surface area contributed by atoms with Crippen molar-refractivity contribution in [2.45, 2.75) is 32.0 Å². The number of hydrogen-bond acceptors (Lipinski definition) is 0. The van der Waals surface area contributed by atoms with Gasteiger partial charge in [0.15, 0.2) is 0 Å². The van der Waals surface area contributed by atoms with E-state index in [2.05, 4.69) is 0 Å². The SMILES string of the molecule is C[Si](C)(C)/C(=C/C(F)(F)F)C(F)(F)F. The Balaban J connectivity index is 5.26. The Morgan fingerprint density at radius 2 is 1.29 bits per heavy atom. The molecule has 0 bridgehead atoms. The largest absolute Gasteiger partial charge is 0.409 e. The summed E-state index contributed by atoms with van der Waals surface area (Å²) >= 11 is 0. The molecule has 0 aliphatic carbocycles. The minimum atomic E-state index is -4.91. The van der Waals surface area contributed by atoms with Crippen LogP contribution in [0.1, 0.15) is 0 Å². The highest BCUT2D eigenvalue weighted by Crippen LogP contribution is 2.35. The molecule has 0 aromatic carbocycles. The Bertz CT molecular complexity index is 212. The lowest BCUT2D eigenvalue weighted by atomic mass is 10.4. The number of halogens is 6. The van der Waals surface area contributed by atoms with Gasteiger partial charge < -0.3 is 0 Å². The molecule has 0 fully saturated rings. The monoisotopic (exact) mass is 236 g/mol. The molecule has 0 aromatic heterocycles. The summed E-state index contributed by atoms with van der Waals surface area (Å²) in [6.45, 7) is 3.66. The third-order valence-corrected chi connectivity index (χ3v) is 3.47. The van der Waals surface area contributed by atoms with E-state index in [1.165, 1.54) is 19.6 Å². The normalized spacial score (nSPS) is 15.9. The van der Waals surface area contributed by atoms with Crippen molar-refractivity contribution < 1.29 is 26.3 Å². The predicted octanol–water partition coefficient (Wildman–Crippen LogP) is 3.91. The van der Waals surface area contributed by atoms with Crippen LogP contribution >= 0.6 is 0 Å². The predicted molar refractivity (Wildman–Crippen MR) is 43.5 cm³/mol. The molecule has 7 heteroatoms. The third kappa shape index (κ3) is 4.68. The molecule has 0 N–H and O–H groups in total. The lowest BCUT2D eigenvalue weighted by molar-refractivity contribution is -0.102. The van der Waals surface area contributed by atoms with Crippen molar-refractivity contribution in [3.05, 3.63) is 11.3 Å². The van der Waals surface area contributed by atoms with E-state index in [1.807, 2.05) is 0 Å². The molecule has 0 saturated carbocycles. The van der Waals surface area contributed by atoms with Crippen molar-refractivity contribution in [2.24, 2.45) is 0 Å². The molecule has 0 heterocycles. The maximum Gasteiger partial charge on any atom is 0.409 e. The van der Waals surface area contributed by atoms with E-state index in [0.29, 0.717) is 0 Å². The summed E-state index contributed by atoms with van der Waals surface area (Å²) in [6, 6.07) is 0. The average Bonchev–Trinajstić information content (AvgIpc) is 1.75. The first kappa shape index (κ1) is 13.5. The Morgan fingerprint density at radius 3 is 1.36 bits per heavy atom. The first-order valence-electron chi connectivity index (χ1n) is 3.71. The van der Waals surface area contributed by atoms with Gasteiger partial charge in [-0.2, -0.15) is 26.3 Å². The van der Waals surface area contributed by atoms with Gasteiger partial charge in [-0.15, -0.1) is 0 Å². The molecule has 14 heavy (non-hydrogen) atoms. The second-order valence-corrected chi connectivity index (χ2v) is 8.89. The van der Waals surface area contributed by atoms with Gasteiger partial charge in [0.05, 0.1) is 8.07 Å². The second kappa shape index (κ2) is 3.60. The fraction of sp³-hybridized carbons (Fsp3) is 0.714. The lowest BCUT2D eigenvalue weighted by Gasteiger charge is -2.23. The Labute approximate surface area is 78.6 Å². The van der Waals surface area contributed by atoms with Crippen molar-refractivity contribution in [2.75, 3.05) is 0 Å². The zero-order chi connectivity index (χ0) is 11.8. The average molecular weight is 236 g/mol. The van der Waals surface area contributed by atoms with Crippen LogP contribution in [-0.2, 0) is 0 Å². The van der Waals surface area contributed by atoms with Gasteiger partial charge in [0.2, 0.25) is 0 Å². The highest BCUT2D eigenvalue weighted by atomic mass is 28.3. The molecule has 0 aliphatic heterocycles. The molecule has 0 unspecified atom stereocenters. The van der Waals surface area contributed by atoms with Gasteiger partial charge in [-0.1, -0.05) is 19.6 Å². The van der Waals surface area contributed by atoms with E-state index < -0.39 is 31.7 Å². The van der Waals surface area contributed by atoms with Crippen LogP contribution in [0.15, 0.2) is 11.3 Å². The fourth-order valence-corrected chi connectivity index (χ4v) is 2.33. The zero-order valence-electron chi connectivity index (χ0n) is 7.85. The van der Waals surface area contributed by atoms with Gasteiger partial charge in [-0.3, -0.25) is 0 Å². The fourth-order valence-electron chi connectivity index (χ4n) is 0.887. The molecule has 0 radical (unpaired) electrons. The van der Waals surface area contributed by atoms with Gasteiger partial charge in [0, 0.05) is 11.3 Å². The highest BCUT2D eigenvalue weighted by molar-refractivity contribution is 6.83. The molecular weight excluding hydrogens is 226 g/mol. The van der Waals surface area contributed by atoms with Crippen molar-refractivity contribution in [1.82, 2.24) is 0 Å². The summed E-state index contributed by atoms with van der Waals surface area (Å²) in [4.78, 5) is 0. The Hall–Kier alpha value is -0.463. The minimum Gasteiger partial charge on any atom is -0.167 e. The van der Waals surface area contributed by atoms with E-state index in [1.54, 1.807) is 0 Å². The quantitative estimate of drug-likeness (QED) is 0.478. The standard InChI is InChI=1S/C7H10F6Si/c1-14(2,3)5(7(11,12)13)4-6(8,9)10/h4H,1-3H3/b5-4+. The maximum absolute atomic E-state index is 12.2. The maximum atomic E-state index is 12.2. The van der Waals surface area contributed by atoms with Crippen LogP contribution in [-0.4, -0.2) is 20.4 Å². The number of allylic oxidation sites excluding steroid dienone is 2. The molecule has 0 rings (SSSR count). The summed E-state index contributed by atoms with van der Waals surface area (Å²) in [5.74, 6) is 0. The first-order chi connectivity index (χ1) is 5.84. The van der Waals surface area contributed by atoms with Crippen LogP contribution in [0.3, 0.4) is 0 Å². The van der Waals surface area contributed by atoms with Crippen LogP contribution in [0.5, 0.6) is 0 Å². The molecule has 0 aromatic rings. The third-order valence-electron chi connectivity index (χ3n) is 1.42. The van der Waals surface area contributed by atoms with E-state index >= 15 is 0 Å². The van der Waals surface area contributed by atoms with Crippen molar-refractivity contribution >= 4 is 8.07 Å². The molecule has 0 amide bonds. The Morgan fingerprint density at radius 1 is 0.929 bits per heavy atom. The molecule has 84 valence electrons. The lowest BCUT2D eigenvalue weighted by Crippen LogP contribution is -2.35. The number of alkyl halides is 6. The van der Waals surface area contributed by atoms with Gasteiger partial charge >= 0.3 is 12.4 Å². The van der Waals surface area contributed by atoms with E-state index in [-0.39, 0.29) is 0 Å². The van der Waals surface area contributed by atoms with Gasteiger partial charge in [0.1, 0.15) is 0 Å². The summed E-state index contributed by atoms with van der Waals surface area (Å²) in [5, 5.41) is -1.43. The molecule has 0 aliphatic rings. The van der Waals surface area contributed by atoms with Crippen LogP contribution in [0.25, 0.3) is 0 Å². The van der Waals surface area contributed by atoms with Crippen LogP contribution in [0, 0.1) is 0 Å². The van der Waals surface area contributed by atoms with Crippen molar-refractivity contribution in [3.8, 4) is 0 Å². The molecule has 0 saturated heterocycles.